The zero-order valence-electron chi connectivity index (χ0n) is 10.3. The molecule has 0 heterocycles. The van der Waals surface area contributed by atoms with E-state index in [1.54, 1.807) is 6.07 Å². The number of rotatable bonds is 3. The van der Waals surface area contributed by atoms with Gasteiger partial charge in [-0.2, -0.15) is 0 Å². The summed E-state index contributed by atoms with van der Waals surface area (Å²) in [6, 6.07) is 10.7. The van der Waals surface area contributed by atoms with Crippen LogP contribution in [0.2, 0.25) is 0 Å². The van der Waals surface area contributed by atoms with Gasteiger partial charge in [-0.05, 0) is 54.8 Å². The molecule has 0 aliphatic rings. The lowest BCUT2D eigenvalue weighted by Gasteiger charge is -2.11. The minimum absolute atomic E-state index is 0.213. The Hall–Kier alpha value is -1.35. The molecule has 0 amide bonds. The molecule has 0 fully saturated rings. The fourth-order valence-corrected chi connectivity index (χ4v) is 2.05. The van der Waals surface area contributed by atoms with Crippen molar-refractivity contribution in [1.29, 1.82) is 0 Å². The van der Waals surface area contributed by atoms with Crippen LogP contribution in [0.1, 0.15) is 16.7 Å². The summed E-state index contributed by atoms with van der Waals surface area (Å²) in [5.74, 6) is 0.628. The Morgan fingerprint density at radius 2 is 1.83 bits per heavy atom. The highest BCUT2D eigenvalue weighted by atomic mass is 79.9. The molecule has 18 heavy (non-hydrogen) atoms. The molecule has 0 saturated carbocycles. The van der Waals surface area contributed by atoms with Gasteiger partial charge in [-0.15, -0.1) is 0 Å². The molecular weight excluding hydrogens is 295 g/mol. The van der Waals surface area contributed by atoms with Crippen molar-refractivity contribution in [3.05, 3.63) is 63.4 Å². The van der Waals surface area contributed by atoms with Gasteiger partial charge >= 0.3 is 0 Å². The van der Waals surface area contributed by atoms with Gasteiger partial charge in [-0.25, -0.2) is 4.39 Å². The minimum atomic E-state index is -0.213. The van der Waals surface area contributed by atoms with Crippen LogP contribution in [0.25, 0.3) is 0 Å². The zero-order chi connectivity index (χ0) is 13.1. The lowest BCUT2D eigenvalue weighted by Crippen LogP contribution is -1.99. The summed E-state index contributed by atoms with van der Waals surface area (Å²) < 4.78 is 19.7. The number of ether oxygens (including phenoxy) is 1. The largest absolute Gasteiger partial charge is 0.489 e. The van der Waals surface area contributed by atoms with Crippen LogP contribution < -0.4 is 4.74 Å². The van der Waals surface area contributed by atoms with Crippen LogP contribution in [0.4, 0.5) is 4.39 Å². The normalized spacial score (nSPS) is 10.4. The maximum atomic E-state index is 13.0. The van der Waals surface area contributed by atoms with Crippen LogP contribution in [0.3, 0.4) is 0 Å². The molecule has 1 nitrogen and oxygen atoms in total. The maximum Gasteiger partial charge on any atom is 0.123 e. The molecule has 0 unspecified atom stereocenters. The van der Waals surface area contributed by atoms with Crippen LogP contribution in [-0.2, 0) is 6.61 Å². The standard InChI is InChI=1S/C15H14BrFO/c1-10-3-5-13(16)8-15(10)18-9-12-4-6-14(17)7-11(12)2/h3-8H,9H2,1-2H3. The van der Waals surface area contributed by atoms with Crippen LogP contribution in [0.5, 0.6) is 5.75 Å². The highest BCUT2D eigenvalue weighted by Gasteiger charge is 2.04. The summed E-state index contributed by atoms with van der Waals surface area (Å²) in [6.07, 6.45) is 0. The fraction of sp³-hybridized carbons (Fsp3) is 0.200. The second kappa shape index (κ2) is 5.53. The second-order valence-electron chi connectivity index (χ2n) is 4.27. The van der Waals surface area contributed by atoms with Gasteiger partial charge in [0.15, 0.2) is 0 Å². The molecule has 0 atom stereocenters. The molecule has 2 rings (SSSR count). The Morgan fingerprint density at radius 3 is 2.56 bits per heavy atom. The van der Waals surface area contributed by atoms with E-state index in [2.05, 4.69) is 15.9 Å². The van der Waals surface area contributed by atoms with E-state index in [0.29, 0.717) is 6.61 Å². The van der Waals surface area contributed by atoms with E-state index < -0.39 is 0 Å². The topological polar surface area (TPSA) is 9.23 Å². The van der Waals surface area contributed by atoms with Crippen LogP contribution >= 0.6 is 15.9 Å². The van der Waals surface area contributed by atoms with Crippen molar-refractivity contribution in [1.82, 2.24) is 0 Å². The highest BCUT2D eigenvalue weighted by molar-refractivity contribution is 9.10. The van der Waals surface area contributed by atoms with Crippen molar-refractivity contribution in [3.63, 3.8) is 0 Å². The van der Waals surface area contributed by atoms with E-state index >= 15 is 0 Å². The minimum Gasteiger partial charge on any atom is -0.489 e. The Labute approximate surface area is 115 Å². The fourth-order valence-electron chi connectivity index (χ4n) is 1.71. The third-order valence-corrected chi connectivity index (χ3v) is 3.33. The number of hydrogen-bond acceptors (Lipinski definition) is 1. The number of aryl methyl sites for hydroxylation is 2. The molecule has 0 aliphatic heterocycles. The van der Waals surface area contributed by atoms with Crippen molar-refractivity contribution in [2.24, 2.45) is 0 Å². The van der Waals surface area contributed by atoms with Crippen molar-refractivity contribution >= 4 is 15.9 Å². The highest BCUT2D eigenvalue weighted by Crippen LogP contribution is 2.24. The Morgan fingerprint density at radius 1 is 1.06 bits per heavy atom. The third kappa shape index (κ3) is 3.10. The Balaban J connectivity index is 2.13. The number of halogens is 2. The Bertz CT molecular complexity index is 566. The van der Waals surface area contributed by atoms with E-state index in [-0.39, 0.29) is 5.82 Å². The molecule has 0 aliphatic carbocycles. The van der Waals surface area contributed by atoms with Crippen LogP contribution in [0, 0.1) is 19.7 Å². The lowest BCUT2D eigenvalue weighted by atomic mass is 10.1. The van der Waals surface area contributed by atoms with Gasteiger partial charge in [-0.1, -0.05) is 28.1 Å². The van der Waals surface area contributed by atoms with Crippen molar-refractivity contribution in [2.75, 3.05) is 0 Å². The van der Waals surface area contributed by atoms with Gasteiger partial charge in [0.25, 0.3) is 0 Å². The third-order valence-electron chi connectivity index (χ3n) is 2.84. The molecule has 0 saturated heterocycles. The first kappa shape index (κ1) is 13.1. The predicted molar refractivity (Wildman–Crippen MR) is 74.3 cm³/mol. The molecule has 94 valence electrons. The summed E-state index contributed by atoms with van der Waals surface area (Å²) in [6.45, 7) is 4.33. The van der Waals surface area contributed by atoms with E-state index in [0.717, 1.165) is 26.9 Å². The lowest BCUT2D eigenvalue weighted by molar-refractivity contribution is 0.303. The molecule has 2 aromatic rings. The second-order valence-corrected chi connectivity index (χ2v) is 5.18. The van der Waals surface area contributed by atoms with Gasteiger partial charge in [0.2, 0.25) is 0 Å². The molecule has 0 bridgehead atoms. The summed E-state index contributed by atoms with van der Waals surface area (Å²) in [4.78, 5) is 0. The predicted octanol–water partition coefficient (Wildman–Crippen LogP) is 4.78. The molecular formula is C15H14BrFO. The van der Waals surface area contributed by atoms with Crippen LogP contribution in [0.15, 0.2) is 40.9 Å². The first-order valence-corrected chi connectivity index (χ1v) is 6.49. The van der Waals surface area contributed by atoms with Gasteiger partial charge in [-0.3, -0.25) is 0 Å². The van der Waals surface area contributed by atoms with E-state index in [1.807, 2.05) is 32.0 Å². The number of benzene rings is 2. The van der Waals surface area contributed by atoms with Crippen LogP contribution in [-0.4, -0.2) is 0 Å². The van der Waals surface area contributed by atoms with E-state index in [4.69, 9.17) is 4.74 Å². The van der Waals surface area contributed by atoms with Gasteiger partial charge < -0.3 is 4.74 Å². The molecule has 0 N–H and O–H groups in total. The van der Waals surface area contributed by atoms with Gasteiger partial charge in [0, 0.05) is 4.47 Å². The van der Waals surface area contributed by atoms with Crippen molar-refractivity contribution in [2.45, 2.75) is 20.5 Å². The summed E-state index contributed by atoms with van der Waals surface area (Å²) in [5.41, 5.74) is 2.98. The maximum absolute atomic E-state index is 13.0. The van der Waals surface area contributed by atoms with Crippen molar-refractivity contribution in [3.8, 4) is 5.75 Å². The average molecular weight is 309 g/mol. The molecule has 0 radical (unpaired) electrons. The summed E-state index contributed by atoms with van der Waals surface area (Å²) in [5, 5.41) is 0. The monoisotopic (exact) mass is 308 g/mol. The Kier molecular flexibility index (Phi) is 4.02. The molecule has 2 aromatic carbocycles. The van der Waals surface area contributed by atoms with Crippen molar-refractivity contribution < 1.29 is 9.13 Å². The molecule has 3 heteroatoms. The SMILES string of the molecule is Cc1cc(F)ccc1COc1cc(Br)ccc1C. The zero-order valence-corrected chi connectivity index (χ0v) is 11.9. The van der Waals surface area contributed by atoms with E-state index in [9.17, 15) is 4.39 Å². The smallest absolute Gasteiger partial charge is 0.123 e. The number of hydrogen-bond donors (Lipinski definition) is 0. The first-order chi connectivity index (χ1) is 8.56. The first-order valence-electron chi connectivity index (χ1n) is 5.70. The van der Waals surface area contributed by atoms with E-state index in [1.165, 1.54) is 12.1 Å². The summed E-state index contributed by atoms with van der Waals surface area (Å²) >= 11 is 3.42. The van der Waals surface area contributed by atoms with Gasteiger partial charge in [0.05, 0.1) is 0 Å². The average Bonchev–Trinajstić information content (AvgIpc) is 2.32. The molecule has 0 aromatic heterocycles. The molecule has 0 spiro atoms. The quantitative estimate of drug-likeness (QED) is 0.792. The van der Waals surface area contributed by atoms with Gasteiger partial charge in [0.1, 0.15) is 18.2 Å². The summed E-state index contributed by atoms with van der Waals surface area (Å²) in [7, 11) is 0.